The van der Waals surface area contributed by atoms with Gasteiger partial charge in [0.1, 0.15) is 11.3 Å². The lowest BCUT2D eigenvalue weighted by Gasteiger charge is -2.31. The Hall–Kier alpha value is -3.07. The van der Waals surface area contributed by atoms with E-state index >= 15 is 0 Å². The van der Waals surface area contributed by atoms with E-state index < -0.39 is 11.8 Å². The standard InChI is InChI=1S/C23H25BrN2O6/c1-4-30-20(27)9-10-25-21(28)14-5-6-15(18(24)11-14)13-26-16-7-8-19-17(12-16)22(29)32-23(2,3)31-19/h5-8,11-12,26H,4,9-10,13H2,1-3H3,(H,25,28). The first-order valence-electron chi connectivity index (χ1n) is 10.2. The van der Waals surface area contributed by atoms with Crippen molar-refractivity contribution in [3.05, 3.63) is 57.6 Å². The van der Waals surface area contributed by atoms with Gasteiger partial charge in [-0.1, -0.05) is 22.0 Å². The van der Waals surface area contributed by atoms with Gasteiger partial charge in [0.2, 0.25) is 5.79 Å². The highest BCUT2D eigenvalue weighted by Gasteiger charge is 2.33. The van der Waals surface area contributed by atoms with Crippen molar-refractivity contribution < 1.29 is 28.6 Å². The van der Waals surface area contributed by atoms with E-state index in [9.17, 15) is 14.4 Å². The molecule has 0 atom stereocenters. The van der Waals surface area contributed by atoms with Crippen molar-refractivity contribution in [2.45, 2.75) is 39.5 Å². The quantitative estimate of drug-likeness (QED) is 0.523. The molecule has 9 heteroatoms. The number of halogens is 1. The maximum Gasteiger partial charge on any atom is 0.345 e. The van der Waals surface area contributed by atoms with Crippen LogP contribution in [0.15, 0.2) is 40.9 Å². The Kier molecular flexibility index (Phi) is 7.40. The van der Waals surface area contributed by atoms with Crippen LogP contribution in [0, 0.1) is 0 Å². The van der Waals surface area contributed by atoms with Crippen molar-refractivity contribution in [2.75, 3.05) is 18.5 Å². The van der Waals surface area contributed by atoms with E-state index in [4.69, 9.17) is 14.2 Å². The van der Waals surface area contributed by atoms with E-state index in [0.717, 1.165) is 15.7 Å². The second-order valence-corrected chi connectivity index (χ2v) is 8.43. The molecule has 1 aliphatic heterocycles. The van der Waals surface area contributed by atoms with Crippen LogP contribution in [0.25, 0.3) is 0 Å². The maximum atomic E-state index is 12.3. The summed E-state index contributed by atoms with van der Waals surface area (Å²) in [5, 5.41) is 5.96. The van der Waals surface area contributed by atoms with Crippen LogP contribution in [0.3, 0.4) is 0 Å². The lowest BCUT2D eigenvalue weighted by molar-refractivity contribution is -0.142. The van der Waals surface area contributed by atoms with Gasteiger partial charge in [-0.15, -0.1) is 0 Å². The van der Waals surface area contributed by atoms with Crippen molar-refractivity contribution in [3.8, 4) is 5.75 Å². The first-order chi connectivity index (χ1) is 15.2. The fraction of sp³-hybridized carbons (Fsp3) is 0.348. The Bertz CT molecular complexity index is 1040. The predicted octanol–water partition coefficient (Wildman–Crippen LogP) is 4.03. The van der Waals surface area contributed by atoms with Crippen LogP contribution in [0.2, 0.25) is 0 Å². The normalized spacial score (nSPS) is 13.9. The molecule has 0 fully saturated rings. The number of hydrogen-bond donors (Lipinski definition) is 2. The number of carbonyl (C=O) groups is 3. The number of cyclic esters (lactones) is 1. The van der Waals surface area contributed by atoms with Crippen LogP contribution in [0.5, 0.6) is 5.75 Å². The van der Waals surface area contributed by atoms with Crippen LogP contribution < -0.4 is 15.4 Å². The summed E-state index contributed by atoms with van der Waals surface area (Å²) in [7, 11) is 0. The molecule has 1 heterocycles. The van der Waals surface area contributed by atoms with Crippen LogP contribution in [-0.2, 0) is 20.8 Å². The van der Waals surface area contributed by atoms with Crippen LogP contribution in [-0.4, -0.2) is 36.8 Å². The van der Waals surface area contributed by atoms with Crippen molar-refractivity contribution in [3.63, 3.8) is 0 Å². The van der Waals surface area contributed by atoms with Crippen LogP contribution in [0.1, 0.15) is 53.5 Å². The lowest BCUT2D eigenvalue weighted by atomic mass is 10.1. The SMILES string of the molecule is CCOC(=O)CCNC(=O)c1ccc(CNc2ccc3c(c2)C(=O)OC(C)(C)O3)c(Br)c1. The molecule has 0 unspecified atom stereocenters. The number of nitrogens with one attached hydrogen (secondary N) is 2. The average molecular weight is 505 g/mol. The number of rotatable bonds is 8. The second kappa shape index (κ2) is 10.0. The first-order valence-corrected chi connectivity index (χ1v) is 11.0. The molecule has 0 radical (unpaired) electrons. The highest BCUT2D eigenvalue weighted by molar-refractivity contribution is 9.10. The largest absolute Gasteiger partial charge is 0.466 e. The topological polar surface area (TPSA) is 103 Å². The summed E-state index contributed by atoms with van der Waals surface area (Å²) in [5.41, 5.74) is 2.49. The average Bonchev–Trinajstić information content (AvgIpc) is 2.72. The van der Waals surface area contributed by atoms with Gasteiger partial charge in [0.05, 0.1) is 13.0 Å². The van der Waals surface area contributed by atoms with E-state index in [2.05, 4.69) is 26.6 Å². The Morgan fingerprint density at radius 1 is 1.12 bits per heavy atom. The molecule has 0 saturated carbocycles. The van der Waals surface area contributed by atoms with E-state index in [1.807, 2.05) is 12.1 Å². The molecule has 1 amide bonds. The molecule has 2 aromatic rings. The molecule has 0 aliphatic carbocycles. The summed E-state index contributed by atoms with van der Waals surface area (Å²) in [4.78, 5) is 35.9. The van der Waals surface area contributed by atoms with Gasteiger partial charge in [-0.05, 0) is 42.8 Å². The zero-order valence-corrected chi connectivity index (χ0v) is 19.7. The Balaban J connectivity index is 1.58. The fourth-order valence-corrected chi connectivity index (χ4v) is 3.61. The molecule has 0 saturated heterocycles. The van der Waals surface area contributed by atoms with Gasteiger partial charge in [0.15, 0.2) is 0 Å². The van der Waals surface area contributed by atoms with E-state index in [1.54, 1.807) is 45.0 Å². The molecule has 2 aromatic carbocycles. The van der Waals surface area contributed by atoms with E-state index in [1.165, 1.54) is 0 Å². The summed E-state index contributed by atoms with van der Waals surface area (Å²) in [6.07, 6.45) is 0.125. The highest BCUT2D eigenvalue weighted by atomic mass is 79.9. The summed E-state index contributed by atoms with van der Waals surface area (Å²) < 4.78 is 16.5. The van der Waals surface area contributed by atoms with Crippen LogP contribution in [0.4, 0.5) is 5.69 Å². The summed E-state index contributed by atoms with van der Waals surface area (Å²) in [6.45, 7) is 6.09. The lowest BCUT2D eigenvalue weighted by Crippen LogP contribution is -2.38. The zero-order valence-electron chi connectivity index (χ0n) is 18.1. The number of amides is 1. The van der Waals surface area contributed by atoms with E-state index in [0.29, 0.717) is 30.0 Å². The number of ether oxygens (including phenoxy) is 3. The minimum Gasteiger partial charge on any atom is -0.466 e. The number of esters is 2. The Labute approximate surface area is 194 Å². The maximum absolute atomic E-state index is 12.3. The van der Waals surface area contributed by atoms with E-state index in [-0.39, 0.29) is 24.8 Å². The molecular weight excluding hydrogens is 480 g/mol. The molecule has 0 bridgehead atoms. The smallest absolute Gasteiger partial charge is 0.345 e. The minimum atomic E-state index is -0.989. The number of carbonyl (C=O) groups excluding carboxylic acids is 3. The molecule has 2 N–H and O–H groups in total. The molecule has 1 aliphatic rings. The van der Waals surface area contributed by atoms with Crippen molar-refractivity contribution >= 4 is 39.5 Å². The third-order valence-corrected chi connectivity index (χ3v) is 5.35. The van der Waals surface area contributed by atoms with Gasteiger partial charge < -0.3 is 24.8 Å². The third kappa shape index (κ3) is 6.00. The molecule has 3 rings (SSSR count). The third-order valence-electron chi connectivity index (χ3n) is 4.61. The number of hydrogen-bond acceptors (Lipinski definition) is 7. The fourth-order valence-electron chi connectivity index (χ4n) is 3.09. The zero-order chi connectivity index (χ0) is 23.3. The summed E-state index contributed by atoms with van der Waals surface area (Å²) in [5.74, 6) is -1.56. The summed E-state index contributed by atoms with van der Waals surface area (Å²) in [6, 6.07) is 10.5. The predicted molar refractivity (Wildman–Crippen MR) is 122 cm³/mol. The van der Waals surface area contributed by atoms with Crippen molar-refractivity contribution in [1.29, 1.82) is 0 Å². The molecule has 32 heavy (non-hydrogen) atoms. The van der Waals surface area contributed by atoms with Crippen molar-refractivity contribution in [1.82, 2.24) is 5.32 Å². The Morgan fingerprint density at radius 3 is 2.62 bits per heavy atom. The number of anilines is 1. The Morgan fingerprint density at radius 2 is 1.91 bits per heavy atom. The van der Waals surface area contributed by atoms with Crippen molar-refractivity contribution in [2.24, 2.45) is 0 Å². The van der Waals surface area contributed by atoms with Crippen LogP contribution >= 0.6 is 15.9 Å². The highest BCUT2D eigenvalue weighted by Crippen LogP contribution is 2.33. The monoisotopic (exact) mass is 504 g/mol. The van der Waals surface area contributed by atoms with Gasteiger partial charge in [-0.2, -0.15) is 0 Å². The molecular formula is C23H25BrN2O6. The number of benzene rings is 2. The van der Waals surface area contributed by atoms with Gasteiger partial charge in [-0.25, -0.2) is 4.79 Å². The molecule has 0 spiro atoms. The molecule has 0 aromatic heterocycles. The summed E-state index contributed by atoms with van der Waals surface area (Å²) >= 11 is 3.49. The van der Waals surface area contributed by atoms with Gasteiger partial charge in [0, 0.05) is 42.7 Å². The minimum absolute atomic E-state index is 0.125. The van der Waals surface area contributed by atoms with Gasteiger partial charge in [-0.3, -0.25) is 9.59 Å². The first kappa shape index (κ1) is 23.6. The van der Waals surface area contributed by atoms with Gasteiger partial charge in [0.25, 0.3) is 5.91 Å². The molecule has 170 valence electrons. The number of fused-ring (bicyclic) bond motifs is 1. The second-order valence-electron chi connectivity index (χ2n) is 7.57. The molecule has 8 nitrogen and oxygen atoms in total. The van der Waals surface area contributed by atoms with Gasteiger partial charge >= 0.3 is 11.9 Å².